The fourth-order valence-corrected chi connectivity index (χ4v) is 1.98. The van der Waals surface area contributed by atoms with Gasteiger partial charge in [-0.25, -0.2) is 4.68 Å². The number of carbonyl (C=O) groups excluding carboxylic acids is 1. The Hall–Kier alpha value is -1.12. The van der Waals surface area contributed by atoms with E-state index in [2.05, 4.69) is 18.9 Å². The van der Waals surface area contributed by atoms with Crippen molar-refractivity contribution in [3.8, 4) is 0 Å². The Kier molecular flexibility index (Phi) is 4.71. The number of aryl methyl sites for hydroxylation is 2. The van der Waals surface area contributed by atoms with Crippen molar-refractivity contribution in [1.82, 2.24) is 9.78 Å². The summed E-state index contributed by atoms with van der Waals surface area (Å²) in [6.45, 7) is 8.08. The molecule has 3 nitrogen and oxygen atoms in total. The second-order valence-corrected chi connectivity index (χ2v) is 4.42. The van der Waals surface area contributed by atoms with Gasteiger partial charge >= 0.3 is 0 Å². The molecule has 0 aliphatic carbocycles. The predicted molar refractivity (Wildman–Crippen MR) is 65.6 cm³/mol. The first kappa shape index (κ1) is 12.9. The fraction of sp³-hybridized carbons (Fsp3) is 0.692. The number of rotatable bonds is 5. The molecule has 0 amide bonds. The highest BCUT2D eigenvalue weighted by Crippen LogP contribution is 2.16. The van der Waals surface area contributed by atoms with Crippen molar-refractivity contribution in [3.63, 3.8) is 0 Å². The number of hydrogen-bond donors (Lipinski definition) is 0. The first-order valence-corrected chi connectivity index (χ1v) is 6.17. The quantitative estimate of drug-likeness (QED) is 0.765. The summed E-state index contributed by atoms with van der Waals surface area (Å²) in [4.78, 5) is 12.2. The van der Waals surface area contributed by atoms with Crippen molar-refractivity contribution in [2.75, 3.05) is 0 Å². The second-order valence-electron chi connectivity index (χ2n) is 4.42. The lowest BCUT2D eigenvalue weighted by Gasteiger charge is -2.13. The Morgan fingerprint density at radius 3 is 2.56 bits per heavy atom. The first-order chi connectivity index (χ1) is 7.60. The maximum atomic E-state index is 12.2. The smallest absolute Gasteiger partial charge is 0.250 e. The molecule has 0 aliphatic rings. The number of nitrogens with zero attached hydrogens (tertiary/aromatic N) is 2. The van der Waals surface area contributed by atoms with Crippen LogP contribution in [0.3, 0.4) is 0 Å². The van der Waals surface area contributed by atoms with Crippen LogP contribution in [0.5, 0.6) is 0 Å². The van der Waals surface area contributed by atoms with E-state index in [4.69, 9.17) is 0 Å². The third-order valence-corrected chi connectivity index (χ3v) is 2.97. The Labute approximate surface area is 97.8 Å². The maximum Gasteiger partial charge on any atom is 0.250 e. The highest BCUT2D eigenvalue weighted by Gasteiger charge is 2.19. The molecule has 1 rings (SSSR count). The van der Waals surface area contributed by atoms with Crippen LogP contribution in [0.25, 0.3) is 0 Å². The monoisotopic (exact) mass is 222 g/mol. The molecule has 3 heteroatoms. The Bertz CT molecular complexity index is 355. The molecule has 0 fully saturated rings. The molecule has 90 valence electrons. The van der Waals surface area contributed by atoms with Gasteiger partial charge < -0.3 is 0 Å². The summed E-state index contributed by atoms with van der Waals surface area (Å²) < 4.78 is 1.57. The average Bonchev–Trinajstić information content (AvgIpc) is 2.58. The zero-order chi connectivity index (χ0) is 12.1. The predicted octanol–water partition coefficient (Wildman–Crippen LogP) is 3.36. The van der Waals surface area contributed by atoms with Crippen LogP contribution in [0.2, 0.25) is 0 Å². The minimum absolute atomic E-state index is 0.123. The molecule has 0 spiro atoms. The number of hydrogen-bond acceptors (Lipinski definition) is 2. The van der Waals surface area contributed by atoms with Gasteiger partial charge in [0.15, 0.2) is 0 Å². The van der Waals surface area contributed by atoms with E-state index in [1.807, 2.05) is 19.9 Å². The van der Waals surface area contributed by atoms with Gasteiger partial charge in [-0.15, -0.1) is 0 Å². The minimum atomic E-state index is 0.123. The van der Waals surface area contributed by atoms with Gasteiger partial charge in [-0.2, -0.15) is 5.10 Å². The highest BCUT2D eigenvalue weighted by molar-refractivity contribution is 5.81. The first-order valence-electron chi connectivity index (χ1n) is 6.17. The summed E-state index contributed by atoms with van der Waals surface area (Å²) >= 11 is 0. The van der Waals surface area contributed by atoms with Crippen molar-refractivity contribution < 1.29 is 4.79 Å². The zero-order valence-electron chi connectivity index (χ0n) is 10.8. The van der Waals surface area contributed by atoms with Gasteiger partial charge in [-0.1, -0.05) is 26.7 Å². The van der Waals surface area contributed by atoms with Crippen LogP contribution in [0, 0.1) is 19.8 Å². The number of carbonyl (C=O) groups is 1. The zero-order valence-corrected chi connectivity index (χ0v) is 10.8. The van der Waals surface area contributed by atoms with Gasteiger partial charge in [0.05, 0.1) is 5.69 Å². The Morgan fingerprint density at radius 1 is 1.44 bits per heavy atom. The van der Waals surface area contributed by atoms with E-state index in [1.54, 1.807) is 4.68 Å². The average molecular weight is 222 g/mol. The van der Waals surface area contributed by atoms with Crippen LogP contribution >= 0.6 is 0 Å². The van der Waals surface area contributed by atoms with Crippen molar-refractivity contribution >= 4 is 5.91 Å². The van der Waals surface area contributed by atoms with Gasteiger partial charge in [0.2, 0.25) is 5.91 Å². The van der Waals surface area contributed by atoms with E-state index in [9.17, 15) is 4.79 Å². The van der Waals surface area contributed by atoms with Crippen molar-refractivity contribution in [2.45, 2.75) is 53.4 Å². The molecule has 1 unspecified atom stereocenters. The molecular formula is C13H22N2O. The molecule has 1 aromatic heterocycles. The van der Waals surface area contributed by atoms with Gasteiger partial charge in [0, 0.05) is 11.6 Å². The van der Waals surface area contributed by atoms with Crippen LogP contribution in [0.4, 0.5) is 0 Å². The molecular weight excluding hydrogens is 200 g/mol. The third-order valence-electron chi connectivity index (χ3n) is 2.97. The molecule has 0 saturated heterocycles. The summed E-state index contributed by atoms with van der Waals surface area (Å²) in [7, 11) is 0. The summed E-state index contributed by atoms with van der Waals surface area (Å²) in [6, 6.07) is 1.95. The third kappa shape index (κ3) is 2.94. The van der Waals surface area contributed by atoms with Crippen LogP contribution in [-0.2, 0) is 0 Å². The van der Waals surface area contributed by atoms with Crippen LogP contribution < -0.4 is 0 Å². The van der Waals surface area contributed by atoms with E-state index in [1.165, 1.54) is 0 Å². The molecule has 0 radical (unpaired) electrons. The fourth-order valence-electron chi connectivity index (χ4n) is 1.98. The van der Waals surface area contributed by atoms with E-state index < -0.39 is 0 Å². The lowest BCUT2D eigenvalue weighted by molar-refractivity contribution is 0.0801. The minimum Gasteiger partial charge on any atom is -0.272 e. The number of unbranched alkanes of at least 4 members (excludes halogenated alkanes) is 1. The van der Waals surface area contributed by atoms with Crippen LogP contribution in [0.15, 0.2) is 6.07 Å². The summed E-state index contributed by atoms with van der Waals surface area (Å²) in [5, 5.41) is 4.25. The Morgan fingerprint density at radius 2 is 2.12 bits per heavy atom. The molecule has 16 heavy (non-hydrogen) atoms. The normalized spacial score (nSPS) is 12.8. The van der Waals surface area contributed by atoms with Gasteiger partial charge in [0.25, 0.3) is 0 Å². The summed E-state index contributed by atoms with van der Waals surface area (Å²) in [5.74, 6) is 0.277. The molecule has 1 aromatic rings. The second kappa shape index (κ2) is 5.83. The van der Waals surface area contributed by atoms with E-state index in [0.29, 0.717) is 0 Å². The van der Waals surface area contributed by atoms with E-state index in [-0.39, 0.29) is 11.8 Å². The molecule has 0 aliphatic heterocycles. The van der Waals surface area contributed by atoms with Gasteiger partial charge in [-0.3, -0.25) is 4.79 Å². The summed E-state index contributed by atoms with van der Waals surface area (Å²) in [5.41, 5.74) is 1.86. The van der Waals surface area contributed by atoms with Crippen molar-refractivity contribution in [3.05, 3.63) is 17.5 Å². The Balaban J connectivity index is 2.78. The molecule has 0 aromatic carbocycles. The van der Waals surface area contributed by atoms with Gasteiger partial charge in [-0.05, 0) is 32.8 Å². The van der Waals surface area contributed by atoms with Crippen molar-refractivity contribution in [1.29, 1.82) is 0 Å². The lowest BCUT2D eigenvalue weighted by Crippen LogP contribution is -2.23. The lowest BCUT2D eigenvalue weighted by atomic mass is 9.98. The largest absolute Gasteiger partial charge is 0.272 e. The topological polar surface area (TPSA) is 34.9 Å². The summed E-state index contributed by atoms with van der Waals surface area (Å²) in [6.07, 6.45) is 4.13. The van der Waals surface area contributed by atoms with Gasteiger partial charge in [0.1, 0.15) is 0 Å². The molecule has 1 heterocycles. The molecule has 0 bridgehead atoms. The van der Waals surface area contributed by atoms with Crippen molar-refractivity contribution in [2.24, 2.45) is 5.92 Å². The van der Waals surface area contributed by atoms with Crippen LogP contribution in [0.1, 0.15) is 55.7 Å². The maximum absolute atomic E-state index is 12.2. The number of aromatic nitrogens is 2. The molecule has 0 N–H and O–H groups in total. The molecule has 0 saturated carbocycles. The van der Waals surface area contributed by atoms with Crippen LogP contribution in [-0.4, -0.2) is 15.7 Å². The highest BCUT2D eigenvalue weighted by atomic mass is 16.2. The van der Waals surface area contributed by atoms with E-state index >= 15 is 0 Å². The SMILES string of the molecule is CCCCC(CC)C(=O)n1nc(C)cc1C. The molecule has 1 atom stereocenters. The van der Waals surface area contributed by atoms with E-state index in [0.717, 1.165) is 37.1 Å². The standard InChI is InChI=1S/C13H22N2O/c1-5-7-8-12(6-2)13(16)15-11(4)9-10(3)14-15/h9,12H,5-8H2,1-4H3.